The number of hydrogen-bond acceptors (Lipinski definition) is 6. The summed E-state index contributed by atoms with van der Waals surface area (Å²) in [4.78, 5) is 1.88. The van der Waals surface area contributed by atoms with Crippen molar-refractivity contribution in [1.29, 1.82) is 0 Å². The van der Waals surface area contributed by atoms with Gasteiger partial charge in [0, 0.05) is 20.8 Å². The van der Waals surface area contributed by atoms with Crippen LogP contribution in [0.4, 0.5) is 11.4 Å². The van der Waals surface area contributed by atoms with Crippen molar-refractivity contribution in [1.82, 2.24) is 0 Å². The van der Waals surface area contributed by atoms with E-state index in [0.29, 0.717) is 11.4 Å². The summed E-state index contributed by atoms with van der Waals surface area (Å²) in [5.74, 6) is 1.61. The molecule has 2 atom stereocenters. The summed E-state index contributed by atoms with van der Waals surface area (Å²) in [6.45, 7) is 4.27. The Labute approximate surface area is 202 Å². The first-order valence-electron chi connectivity index (χ1n) is 10.6. The minimum absolute atomic E-state index is 0.0913. The molecule has 8 heteroatoms. The topological polar surface area (TPSA) is 70.6 Å². The molecule has 0 bridgehead atoms. The highest BCUT2D eigenvalue weighted by Crippen LogP contribution is 2.48. The van der Waals surface area contributed by atoms with E-state index in [0.717, 1.165) is 55.7 Å². The summed E-state index contributed by atoms with van der Waals surface area (Å²) in [5.41, 5.74) is 2.25. The lowest BCUT2D eigenvalue weighted by molar-refractivity contribution is 0.409. The summed E-state index contributed by atoms with van der Waals surface area (Å²) in [6.07, 6.45) is 6.82. The predicted octanol–water partition coefficient (Wildman–Crippen LogP) is 6.76. The monoisotopic (exact) mass is 532 g/mol. The first kappa shape index (κ1) is 21.8. The molecule has 0 spiro atoms. The maximum Gasteiger partial charge on any atom is 0.181 e. The van der Waals surface area contributed by atoms with Gasteiger partial charge in [-0.05, 0) is 55.0 Å². The van der Waals surface area contributed by atoms with Crippen molar-refractivity contribution in [3.05, 3.63) is 68.2 Å². The van der Waals surface area contributed by atoms with Crippen LogP contribution in [0.15, 0.2) is 63.3 Å². The first-order valence-corrected chi connectivity index (χ1v) is 13.5. The van der Waals surface area contributed by atoms with Crippen LogP contribution < -0.4 is 15.4 Å². The second-order valence-corrected chi connectivity index (χ2v) is 12.5. The standard InChI is InChI=1S/C24H25BrN2O3S2/c1-24(2)12-16-23(32(29)13-24)22(26-15-7-5-8-17(28)21(15)27-16)19-10-11-20(31-19)30-18-9-4-3-6-14(18)25/h4-5,7-11,22,26-28H,3,6,12-13H2,1-2H3. The number of aromatic hydroxyl groups is 1. The van der Waals surface area contributed by atoms with Crippen molar-refractivity contribution in [2.45, 2.75) is 39.2 Å². The van der Waals surface area contributed by atoms with Gasteiger partial charge in [-0.1, -0.05) is 41.9 Å². The number of phenols is 1. The third-order valence-electron chi connectivity index (χ3n) is 5.76. The maximum atomic E-state index is 13.4. The van der Waals surface area contributed by atoms with Crippen molar-refractivity contribution in [3.63, 3.8) is 0 Å². The van der Waals surface area contributed by atoms with Gasteiger partial charge in [-0.15, -0.1) is 11.3 Å². The molecule has 3 aliphatic rings. The third kappa shape index (κ3) is 4.16. The molecule has 168 valence electrons. The van der Waals surface area contributed by atoms with Crippen LogP contribution in [0.5, 0.6) is 10.8 Å². The summed E-state index contributed by atoms with van der Waals surface area (Å²) in [6, 6.07) is 9.15. The van der Waals surface area contributed by atoms with Crippen molar-refractivity contribution < 1.29 is 14.1 Å². The van der Waals surface area contributed by atoms with Gasteiger partial charge in [-0.2, -0.15) is 0 Å². The van der Waals surface area contributed by atoms with Gasteiger partial charge in [0.15, 0.2) is 5.06 Å². The number of benzene rings is 1. The van der Waals surface area contributed by atoms with Gasteiger partial charge >= 0.3 is 0 Å². The molecule has 32 heavy (non-hydrogen) atoms. The highest BCUT2D eigenvalue weighted by atomic mass is 79.9. The fourth-order valence-electron chi connectivity index (χ4n) is 4.32. The number of hydrogen-bond donors (Lipinski definition) is 3. The van der Waals surface area contributed by atoms with E-state index in [1.54, 1.807) is 17.4 Å². The Morgan fingerprint density at radius 3 is 2.94 bits per heavy atom. The van der Waals surface area contributed by atoms with E-state index in [1.807, 2.05) is 30.3 Å². The minimum Gasteiger partial charge on any atom is -0.506 e. The zero-order valence-electron chi connectivity index (χ0n) is 17.9. The third-order valence-corrected chi connectivity index (χ3v) is 9.60. The zero-order chi connectivity index (χ0) is 22.5. The molecule has 0 amide bonds. The molecular weight excluding hydrogens is 508 g/mol. The van der Waals surface area contributed by atoms with E-state index >= 15 is 0 Å². The van der Waals surface area contributed by atoms with Crippen molar-refractivity contribution in [3.8, 4) is 10.8 Å². The van der Waals surface area contributed by atoms with Crippen LogP contribution in [0.25, 0.3) is 0 Å². The van der Waals surface area contributed by atoms with E-state index in [1.165, 1.54) is 0 Å². The molecule has 2 unspecified atom stereocenters. The summed E-state index contributed by atoms with van der Waals surface area (Å²) in [5, 5.41) is 18.3. The van der Waals surface area contributed by atoms with Crippen LogP contribution in [0, 0.1) is 5.41 Å². The van der Waals surface area contributed by atoms with Gasteiger partial charge in [0.25, 0.3) is 0 Å². The second kappa shape index (κ2) is 8.39. The Morgan fingerprint density at radius 2 is 2.12 bits per heavy atom. The van der Waals surface area contributed by atoms with E-state index in [-0.39, 0.29) is 17.2 Å². The number of allylic oxidation sites excluding steroid dienone is 4. The Morgan fingerprint density at radius 1 is 1.28 bits per heavy atom. The Kier molecular flexibility index (Phi) is 5.72. The largest absolute Gasteiger partial charge is 0.506 e. The van der Waals surface area contributed by atoms with Gasteiger partial charge in [-0.3, -0.25) is 4.21 Å². The normalized spacial score (nSPS) is 24.2. The van der Waals surface area contributed by atoms with E-state index in [4.69, 9.17) is 4.74 Å². The molecule has 0 saturated heterocycles. The van der Waals surface area contributed by atoms with Gasteiger partial charge in [0.05, 0.1) is 27.4 Å². The molecule has 0 radical (unpaired) electrons. The van der Waals surface area contributed by atoms with Crippen molar-refractivity contribution in [2.75, 3.05) is 16.4 Å². The highest BCUT2D eigenvalue weighted by molar-refractivity contribution is 9.11. The maximum absolute atomic E-state index is 13.4. The van der Waals surface area contributed by atoms with Crippen molar-refractivity contribution in [2.24, 2.45) is 5.41 Å². The Hall–Kier alpha value is -2.03. The molecule has 0 saturated carbocycles. The number of thiophene rings is 1. The molecule has 3 heterocycles. The number of phenolic OH excluding ortho intramolecular Hbond substituents is 1. The van der Waals surface area contributed by atoms with Gasteiger partial charge in [0.2, 0.25) is 0 Å². The second-order valence-electron chi connectivity index (χ2n) is 9.04. The van der Waals surface area contributed by atoms with Gasteiger partial charge in [0.1, 0.15) is 17.2 Å². The number of halogens is 1. The molecule has 5 rings (SSSR count). The summed E-state index contributed by atoms with van der Waals surface area (Å²) in [7, 11) is -1.15. The van der Waals surface area contributed by atoms with Gasteiger partial charge in [-0.25, -0.2) is 0 Å². The van der Waals surface area contributed by atoms with Crippen molar-refractivity contribution >= 4 is 49.4 Å². The van der Waals surface area contributed by atoms with E-state index in [2.05, 4.69) is 46.5 Å². The number of rotatable bonds is 3. The molecular formula is C24H25BrN2O3S2. The number of anilines is 2. The molecule has 5 nitrogen and oxygen atoms in total. The average Bonchev–Trinajstić information content (AvgIpc) is 3.11. The van der Waals surface area contributed by atoms with E-state index < -0.39 is 10.8 Å². The quantitative estimate of drug-likeness (QED) is 0.381. The molecule has 1 aromatic heterocycles. The van der Waals surface area contributed by atoms with Crippen LogP contribution in [0.1, 0.15) is 44.0 Å². The minimum atomic E-state index is -1.15. The average molecular weight is 534 g/mol. The van der Waals surface area contributed by atoms with Crippen LogP contribution in [-0.4, -0.2) is 15.1 Å². The summed E-state index contributed by atoms with van der Waals surface area (Å²) >= 11 is 5.16. The Bertz CT molecular complexity index is 1200. The smallest absolute Gasteiger partial charge is 0.181 e. The lowest BCUT2D eigenvalue weighted by Gasteiger charge is -2.34. The van der Waals surface area contributed by atoms with Crippen LogP contribution in [0.2, 0.25) is 0 Å². The highest BCUT2D eigenvalue weighted by Gasteiger charge is 2.39. The molecule has 2 aromatic rings. The van der Waals surface area contributed by atoms with E-state index in [9.17, 15) is 9.32 Å². The molecule has 1 aromatic carbocycles. The fourth-order valence-corrected chi connectivity index (χ4v) is 7.58. The number of fused-ring (bicyclic) bond motifs is 1. The molecule has 2 aliphatic heterocycles. The predicted molar refractivity (Wildman–Crippen MR) is 136 cm³/mol. The lowest BCUT2D eigenvalue weighted by atomic mass is 9.89. The number of para-hydroxylation sites is 1. The molecule has 0 fully saturated rings. The SMILES string of the molecule is CC1(C)CC2=C(C(c3ccc(OC4=C(Br)CCC=C4)s3)Nc3cccc(O)c3N2)S(=O)C1. The van der Waals surface area contributed by atoms with Crippen LogP contribution >= 0.6 is 27.3 Å². The zero-order valence-corrected chi connectivity index (χ0v) is 21.1. The Balaban J connectivity index is 1.55. The van der Waals surface area contributed by atoms with Gasteiger partial charge < -0.3 is 20.5 Å². The summed E-state index contributed by atoms with van der Waals surface area (Å²) < 4.78 is 20.7. The molecule has 3 N–H and O–H groups in total. The molecule has 1 aliphatic carbocycles. The fraction of sp³-hybridized carbons (Fsp3) is 0.333. The number of ether oxygens (including phenoxy) is 1. The lowest BCUT2D eigenvalue weighted by Crippen LogP contribution is -2.32. The van der Waals surface area contributed by atoms with Crippen LogP contribution in [0.3, 0.4) is 0 Å². The van der Waals surface area contributed by atoms with Crippen LogP contribution in [-0.2, 0) is 10.8 Å². The number of nitrogens with one attached hydrogen (secondary N) is 2. The first-order chi connectivity index (χ1) is 15.3.